The van der Waals surface area contributed by atoms with Crippen molar-refractivity contribution in [3.05, 3.63) is 0 Å². The van der Waals surface area contributed by atoms with Crippen molar-refractivity contribution < 1.29 is 21.9 Å². The number of hydrogen-bond donors (Lipinski definition) is 0. The molecule has 0 aromatic carbocycles. The summed E-state index contributed by atoms with van der Waals surface area (Å²) in [5.74, 6) is 0.507. The van der Waals surface area contributed by atoms with E-state index in [1.807, 2.05) is 0 Å². The van der Waals surface area contributed by atoms with Crippen molar-refractivity contribution >= 4 is 5.97 Å². The van der Waals surface area contributed by atoms with Crippen LogP contribution in [-0.2, 0) is 9.53 Å². The molecule has 76 valence electrons. The summed E-state index contributed by atoms with van der Waals surface area (Å²) in [7, 11) is 0. The van der Waals surface area contributed by atoms with Crippen LogP contribution in [0.1, 0.15) is 19.8 Å². The second-order valence-corrected chi connectivity index (χ2v) is 3.79. The molecular formula is C9H15ClNO2-. The van der Waals surface area contributed by atoms with Gasteiger partial charge in [0.1, 0.15) is 6.10 Å². The number of hydrogen-bond acceptors (Lipinski definition) is 3. The highest BCUT2D eigenvalue weighted by Gasteiger charge is 2.35. The molecule has 0 saturated carbocycles. The van der Waals surface area contributed by atoms with E-state index in [0.29, 0.717) is 5.92 Å². The predicted octanol–water partition coefficient (Wildman–Crippen LogP) is -2.35. The van der Waals surface area contributed by atoms with Gasteiger partial charge in [-0.3, -0.25) is 9.69 Å². The second-order valence-electron chi connectivity index (χ2n) is 3.79. The average molecular weight is 205 g/mol. The van der Waals surface area contributed by atoms with Gasteiger partial charge in [0, 0.05) is 13.5 Å². The Bertz CT molecular complexity index is 190. The number of piperidine rings is 3. The van der Waals surface area contributed by atoms with E-state index in [1.165, 1.54) is 32.9 Å². The van der Waals surface area contributed by atoms with Gasteiger partial charge in [0.2, 0.25) is 0 Å². The van der Waals surface area contributed by atoms with E-state index < -0.39 is 0 Å². The van der Waals surface area contributed by atoms with Crippen molar-refractivity contribution in [3.63, 3.8) is 0 Å². The lowest BCUT2D eigenvalue weighted by molar-refractivity contribution is -0.156. The standard InChI is InChI=1S/C9H15NO2.ClH/c1-7(11)12-9-6-10-4-2-8(9)3-5-10;/h8-9H,2-6H2,1H3;1H/p-1. The van der Waals surface area contributed by atoms with Gasteiger partial charge in [-0.15, -0.1) is 0 Å². The molecule has 0 N–H and O–H groups in total. The summed E-state index contributed by atoms with van der Waals surface area (Å²) in [6.07, 6.45) is 2.60. The summed E-state index contributed by atoms with van der Waals surface area (Å²) < 4.78 is 5.24. The Morgan fingerprint density at radius 2 is 2.00 bits per heavy atom. The monoisotopic (exact) mass is 204 g/mol. The first kappa shape index (κ1) is 10.8. The third kappa shape index (κ3) is 2.35. The quantitative estimate of drug-likeness (QED) is 0.448. The molecule has 0 aromatic heterocycles. The first-order chi connectivity index (χ1) is 5.75. The van der Waals surface area contributed by atoms with Crippen LogP contribution in [0, 0.1) is 5.92 Å². The average Bonchev–Trinajstić information content (AvgIpc) is 2.05. The highest BCUT2D eigenvalue weighted by molar-refractivity contribution is 5.66. The van der Waals surface area contributed by atoms with Crippen LogP contribution < -0.4 is 12.4 Å². The van der Waals surface area contributed by atoms with E-state index in [4.69, 9.17) is 4.74 Å². The van der Waals surface area contributed by atoms with Gasteiger partial charge >= 0.3 is 5.97 Å². The molecule has 0 amide bonds. The molecular weight excluding hydrogens is 190 g/mol. The van der Waals surface area contributed by atoms with Gasteiger partial charge in [-0.2, -0.15) is 0 Å². The van der Waals surface area contributed by atoms with Crippen LogP contribution in [-0.4, -0.2) is 36.6 Å². The molecule has 2 bridgehead atoms. The Kier molecular flexibility index (Phi) is 3.56. The summed E-state index contributed by atoms with van der Waals surface area (Å²) in [5, 5.41) is 0. The van der Waals surface area contributed by atoms with Crippen LogP contribution in [0.2, 0.25) is 0 Å². The number of nitrogens with zero attached hydrogens (tertiary/aromatic N) is 1. The molecule has 1 unspecified atom stereocenters. The molecule has 0 aliphatic carbocycles. The topological polar surface area (TPSA) is 29.5 Å². The van der Waals surface area contributed by atoms with Crippen LogP contribution in [0.5, 0.6) is 0 Å². The number of halogens is 1. The number of carbonyl (C=O) groups excluding carboxylic acids is 1. The van der Waals surface area contributed by atoms with E-state index >= 15 is 0 Å². The van der Waals surface area contributed by atoms with E-state index in [1.54, 1.807) is 0 Å². The summed E-state index contributed by atoms with van der Waals surface area (Å²) in [4.78, 5) is 13.1. The lowest BCUT2D eigenvalue weighted by Crippen LogP contribution is -3.00. The van der Waals surface area contributed by atoms with Gasteiger partial charge in [0.15, 0.2) is 0 Å². The molecule has 3 rings (SSSR count). The fourth-order valence-corrected chi connectivity index (χ4v) is 2.26. The number of fused-ring (bicyclic) bond motifs is 3. The zero-order chi connectivity index (χ0) is 8.55. The van der Waals surface area contributed by atoms with E-state index in [9.17, 15) is 4.79 Å². The van der Waals surface area contributed by atoms with Gasteiger partial charge in [0.05, 0.1) is 0 Å². The molecule has 3 nitrogen and oxygen atoms in total. The number of carbonyl (C=O) groups is 1. The van der Waals surface area contributed by atoms with Crippen molar-refractivity contribution in [1.82, 2.24) is 4.90 Å². The first-order valence-corrected chi connectivity index (χ1v) is 4.65. The fraction of sp³-hybridized carbons (Fsp3) is 0.889. The van der Waals surface area contributed by atoms with Gasteiger partial charge in [-0.1, -0.05) is 0 Å². The van der Waals surface area contributed by atoms with E-state index in [-0.39, 0.29) is 24.5 Å². The summed E-state index contributed by atoms with van der Waals surface area (Å²) in [5.41, 5.74) is 0. The van der Waals surface area contributed by atoms with Gasteiger partial charge < -0.3 is 17.1 Å². The largest absolute Gasteiger partial charge is 1.00 e. The Hall–Kier alpha value is -0.280. The second kappa shape index (κ2) is 4.29. The van der Waals surface area contributed by atoms with Crippen molar-refractivity contribution in [2.24, 2.45) is 5.92 Å². The third-order valence-corrected chi connectivity index (χ3v) is 2.91. The van der Waals surface area contributed by atoms with Crippen LogP contribution in [0.25, 0.3) is 0 Å². The molecule has 3 aliphatic heterocycles. The molecule has 0 aromatic rings. The maximum atomic E-state index is 10.7. The van der Waals surface area contributed by atoms with Crippen LogP contribution in [0.4, 0.5) is 0 Å². The van der Waals surface area contributed by atoms with Crippen LogP contribution in [0.15, 0.2) is 0 Å². The summed E-state index contributed by atoms with van der Waals surface area (Å²) in [6.45, 7) is 4.85. The normalized spacial score (nSPS) is 36.5. The fourth-order valence-electron chi connectivity index (χ4n) is 2.26. The molecule has 3 saturated heterocycles. The van der Waals surface area contributed by atoms with E-state index in [2.05, 4.69) is 4.90 Å². The summed E-state index contributed by atoms with van der Waals surface area (Å²) in [6, 6.07) is 0. The van der Waals surface area contributed by atoms with Gasteiger partial charge in [0.25, 0.3) is 0 Å². The lowest BCUT2D eigenvalue weighted by Gasteiger charge is -2.43. The molecule has 3 aliphatic rings. The maximum absolute atomic E-state index is 10.7. The third-order valence-electron chi connectivity index (χ3n) is 2.91. The minimum atomic E-state index is -0.131. The Morgan fingerprint density at radius 3 is 2.38 bits per heavy atom. The molecule has 3 heterocycles. The van der Waals surface area contributed by atoms with Gasteiger partial charge in [-0.05, 0) is 31.8 Å². The SMILES string of the molecule is CC(=O)OC1CN2CCC1CC2.[Cl-]. The molecule has 1 atom stereocenters. The minimum absolute atomic E-state index is 0. The molecule has 0 spiro atoms. The Labute approximate surface area is 84.8 Å². The van der Waals surface area contributed by atoms with Crippen LogP contribution in [0.3, 0.4) is 0 Å². The molecule has 3 fully saturated rings. The molecule has 0 radical (unpaired) electrons. The zero-order valence-corrected chi connectivity index (χ0v) is 8.59. The minimum Gasteiger partial charge on any atom is -1.00 e. The number of esters is 1. The lowest BCUT2D eigenvalue weighted by atomic mass is 9.86. The van der Waals surface area contributed by atoms with Crippen molar-refractivity contribution in [2.45, 2.75) is 25.9 Å². The van der Waals surface area contributed by atoms with Crippen LogP contribution >= 0.6 is 0 Å². The van der Waals surface area contributed by atoms with Crippen molar-refractivity contribution in [1.29, 1.82) is 0 Å². The summed E-state index contributed by atoms with van der Waals surface area (Å²) >= 11 is 0. The van der Waals surface area contributed by atoms with Gasteiger partial charge in [-0.25, -0.2) is 0 Å². The smallest absolute Gasteiger partial charge is 0.302 e. The zero-order valence-electron chi connectivity index (χ0n) is 7.83. The molecule has 13 heavy (non-hydrogen) atoms. The highest BCUT2D eigenvalue weighted by Crippen LogP contribution is 2.29. The van der Waals surface area contributed by atoms with E-state index in [0.717, 1.165) is 6.54 Å². The Balaban J connectivity index is 0.000000845. The number of rotatable bonds is 1. The Morgan fingerprint density at radius 1 is 1.38 bits per heavy atom. The maximum Gasteiger partial charge on any atom is 0.302 e. The predicted molar refractivity (Wildman–Crippen MR) is 44.7 cm³/mol. The van der Waals surface area contributed by atoms with Crippen molar-refractivity contribution in [3.8, 4) is 0 Å². The first-order valence-electron chi connectivity index (χ1n) is 4.65. The molecule has 4 heteroatoms. The highest BCUT2D eigenvalue weighted by atomic mass is 35.5. The van der Waals surface area contributed by atoms with Crippen molar-refractivity contribution in [2.75, 3.05) is 19.6 Å². The number of ether oxygens (including phenoxy) is 1.